The van der Waals surface area contributed by atoms with Gasteiger partial charge < -0.3 is 5.11 Å². The van der Waals surface area contributed by atoms with E-state index in [1.807, 2.05) is 0 Å². The number of aliphatic carboxylic acids is 1. The van der Waals surface area contributed by atoms with Crippen molar-refractivity contribution < 1.29 is 19.6 Å². The zero-order valence-electron chi connectivity index (χ0n) is 7.54. The Balaban J connectivity index is 2.95. The molecule has 1 aromatic carbocycles. The van der Waals surface area contributed by atoms with E-state index >= 15 is 0 Å². The molecule has 1 N–H and O–H groups in total. The van der Waals surface area contributed by atoms with Gasteiger partial charge in [0.2, 0.25) is 0 Å². The van der Waals surface area contributed by atoms with Crippen LogP contribution in [0.3, 0.4) is 0 Å². The van der Waals surface area contributed by atoms with Gasteiger partial charge >= 0.3 is 5.97 Å². The number of rotatable bonds is 4. The first-order chi connectivity index (χ1) is 7.00. The summed E-state index contributed by atoms with van der Waals surface area (Å²) in [6, 6.07) is 4.98. The fraction of sp³-hybridized carbons (Fsp3) is 0.111. The van der Waals surface area contributed by atoms with E-state index in [9.17, 15) is 19.7 Å². The third kappa shape index (κ3) is 2.87. The zero-order valence-corrected chi connectivity index (χ0v) is 7.54. The lowest BCUT2D eigenvalue weighted by Gasteiger charge is -1.97. The normalized spacial score (nSPS) is 9.60. The number of nitrogens with zero attached hydrogens (tertiary/aromatic N) is 1. The second-order valence-electron chi connectivity index (χ2n) is 2.80. The van der Waals surface area contributed by atoms with Gasteiger partial charge in [0, 0.05) is 17.7 Å². The summed E-state index contributed by atoms with van der Waals surface area (Å²) in [4.78, 5) is 31.2. The predicted octanol–water partition coefficient (Wildman–Crippen LogP) is 1.25. The maximum atomic E-state index is 11.2. The van der Waals surface area contributed by atoms with Crippen molar-refractivity contribution >= 4 is 17.4 Å². The number of carbonyl (C=O) groups excluding carboxylic acids is 1. The number of carboxylic acids is 1. The van der Waals surface area contributed by atoms with E-state index in [1.165, 1.54) is 18.2 Å². The van der Waals surface area contributed by atoms with E-state index in [0.29, 0.717) is 0 Å². The molecule has 0 saturated carbocycles. The molecule has 0 bridgehead atoms. The minimum absolute atomic E-state index is 0.0339. The van der Waals surface area contributed by atoms with Crippen molar-refractivity contribution in [2.45, 2.75) is 6.42 Å². The third-order valence-corrected chi connectivity index (χ3v) is 1.69. The van der Waals surface area contributed by atoms with Crippen molar-refractivity contribution in [3.8, 4) is 0 Å². The maximum Gasteiger partial charge on any atom is 0.311 e. The third-order valence-electron chi connectivity index (χ3n) is 1.69. The lowest BCUT2D eigenvalue weighted by molar-refractivity contribution is -0.384. The average molecular weight is 209 g/mol. The highest BCUT2D eigenvalue weighted by atomic mass is 16.6. The van der Waals surface area contributed by atoms with Crippen LogP contribution in [0.2, 0.25) is 0 Å². The topological polar surface area (TPSA) is 97.5 Å². The number of ketones is 1. The molecule has 0 spiro atoms. The standard InChI is InChI=1S/C9H7NO5/c11-8(5-9(12)13)6-2-1-3-7(4-6)10(14)15/h1-4H,5H2,(H,12,13). The summed E-state index contributed by atoms with van der Waals surface area (Å²) in [6.45, 7) is 0. The summed E-state index contributed by atoms with van der Waals surface area (Å²) in [7, 11) is 0. The number of nitro groups is 1. The van der Waals surface area contributed by atoms with E-state index in [1.54, 1.807) is 0 Å². The molecule has 0 aliphatic heterocycles. The summed E-state index contributed by atoms with van der Waals surface area (Å²) in [5.41, 5.74) is -0.196. The summed E-state index contributed by atoms with van der Waals surface area (Å²) < 4.78 is 0. The Kier molecular flexibility index (Phi) is 3.12. The number of nitro benzene ring substituents is 1. The van der Waals surface area contributed by atoms with Gasteiger partial charge in [0.15, 0.2) is 5.78 Å². The molecule has 78 valence electrons. The van der Waals surface area contributed by atoms with Crippen LogP contribution in [0.1, 0.15) is 16.8 Å². The van der Waals surface area contributed by atoms with Crippen LogP contribution in [0.5, 0.6) is 0 Å². The smallest absolute Gasteiger partial charge is 0.311 e. The second-order valence-corrected chi connectivity index (χ2v) is 2.80. The molecule has 0 atom stereocenters. The highest BCUT2D eigenvalue weighted by Gasteiger charge is 2.13. The number of hydrogen-bond donors (Lipinski definition) is 1. The molecule has 0 aliphatic rings. The van der Waals surface area contributed by atoms with Crippen LogP contribution in [-0.4, -0.2) is 21.8 Å². The van der Waals surface area contributed by atoms with E-state index in [2.05, 4.69) is 0 Å². The van der Waals surface area contributed by atoms with Gasteiger partial charge in [0.25, 0.3) is 5.69 Å². The van der Waals surface area contributed by atoms with Crippen molar-refractivity contribution in [2.75, 3.05) is 0 Å². The van der Waals surface area contributed by atoms with Gasteiger partial charge in [-0.25, -0.2) is 0 Å². The van der Waals surface area contributed by atoms with Crippen molar-refractivity contribution in [2.24, 2.45) is 0 Å². The molecular weight excluding hydrogens is 202 g/mol. The highest BCUT2D eigenvalue weighted by molar-refractivity contribution is 6.05. The van der Waals surface area contributed by atoms with Gasteiger partial charge in [0.05, 0.1) is 4.92 Å². The quantitative estimate of drug-likeness (QED) is 0.348. The number of carboxylic acid groups (broad SMARTS) is 1. The molecule has 0 heterocycles. The van der Waals surface area contributed by atoms with Crippen LogP contribution < -0.4 is 0 Å². The van der Waals surface area contributed by atoms with Crippen LogP contribution in [0.4, 0.5) is 5.69 Å². The monoisotopic (exact) mass is 209 g/mol. The van der Waals surface area contributed by atoms with Gasteiger partial charge in [-0.2, -0.15) is 0 Å². The Bertz CT molecular complexity index is 426. The van der Waals surface area contributed by atoms with Crippen molar-refractivity contribution in [1.82, 2.24) is 0 Å². The first kappa shape index (κ1) is 10.8. The lowest BCUT2D eigenvalue weighted by Crippen LogP contribution is -2.07. The van der Waals surface area contributed by atoms with Crippen molar-refractivity contribution in [3.63, 3.8) is 0 Å². The largest absolute Gasteiger partial charge is 0.481 e. The summed E-state index contributed by atoms with van der Waals surface area (Å²) in [5.74, 6) is -1.90. The first-order valence-corrected chi connectivity index (χ1v) is 4.00. The van der Waals surface area contributed by atoms with Crippen molar-refractivity contribution in [3.05, 3.63) is 39.9 Å². The molecule has 0 aliphatic carbocycles. The van der Waals surface area contributed by atoms with Crippen molar-refractivity contribution in [1.29, 1.82) is 0 Å². The van der Waals surface area contributed by atoms with Gasteiger partial charge in [-0.15, -0.1) is 0 Å². The number of benzene rings is 1. The highest BCUT2D eigenvalue weighted by Crippen LogP contribution is 2.14. The molecule has 1 rings (SSSR count). The molecule has 1 aromatic rings. The number of Topliss-reactive ketones (excluding diaryl/α,β-unsaturated/α-hetero) is 1. The Morgan fingerprint density at radius 2 is 2.07 bits per heavy atom. The molecule has 0 fully saturated rings. The fourth-order valence-corrected chi connectivity index (χ4v) is 1.03. The SMILES string of the molecule is O=C(O)CC(=O)c1cccc([N+](=O)[O-])c1. The first-order valence-electron chi connectivity index (χ1n) is 4.00. The van der Waals surface area contributed by atoms with Crippen LogP contribution in [0, 0.1) is 10.1 Å². The van der Waals surface area contributed by atoms with E-state index in [4.69, 9.17) is 5.11 Å². The van der Waals surface area contributed by atoms with Crippen LogP contribution in [0.15, 0.2) is 24.3 Å². The summed E-state index contributed by atoms with van der Waals surface area (Å²) in [6.07, 6.45) is -0.666. The van der Waals surface area contributed by atoms with E-state index < -0.39 is 23.1 Å². The van der Waals surface area contributed by atoms with Gasteiger partial charge in [-0.05, 0) is 0 Å². The molecule has 6 nitrogen and oxygen atoms in total. The van der Waals surface area contributed by atoms with Crippen LogP contribution >= 0.6 is 0 Å². The van der Waals surface area contributed by atoms with Crippen LogP contribution in [0.25, 0.3) is 0 Å². The molecule has 0 aromatic heterocycles. The minimum atomic E-state index is -1.26. The molecule has 6 heteroatoms. The Labute approximate surface area is 84.3 Å². The number of hydrogen-bond acceptors (Lipinski definition) is 4. The molecule has 0 saturated heterocycles. The molecule has 0 radical (unpaired) electrons. The second kappa shape index (κ2) is 4.32. The fourth-order valence-electron chi connectivity index (χ4n) is 1.03. The maximum absolute atomic E-state index is 11.2. The average Bonchev–Trinajstić information content (AvgIpc) is 2.17. The van der Waals surface area contributed by atoms with Gasteiger partial charge in [0.1, 0.15) is 6.42 Å². The van der Waals surface area contributed by atoms with Gasteiger partial charge in [-0.3, -0.25) is 19.7 Å². The van der Waals surface area contributed by atoms with Crippen LogP contribution in [-0.2, 0) is 4.79 Å². The molecule has 0 unspecified atom stereocenters. The van der Waals surface area contributed by atoms with E-state index in [0.717, 1.165) is 6.07 Å². The lowest BCUT2D eigenvalue weighted by atomic mass is 10.1. The van der Waals surface area contributed by atoms with Gasteiger partial charge in [-0.1, -0.05) is 12.1 Å². The molecule has 0 amide bonds. The molecular formula is C9H7NO5. The minimum Gasteiger partial charge on any atom is -0.481 e. The van der Waals surface area contributed by atoms with E-state index in [-0.39, 0.29) is 11.3 Å². The number of carbonyl (C=O) groups is 2. The number of non-ortho nitro benzene ring substituents is 1. The zero-order chi connectivity index (χ0) is 11.4. The molecule has 15 heavy (non-hydrogen) atoms. The summed E-state index contributed by atoms with van der Waals surface area (Å²) in [5, 5.41) is 18.7. The Morgan fingerprint density at radius 1 is 1.40 bits per heavy atom. The predicted molar refractivity (Wildman–Crippen MR) is 49.7 cm³/mol. The summed E-state index contributed by atoms with van der Waals surface area (Å²) >= 11 is 0. The Hall–Kier alpha value is -2.24. The Morgan fingerprint density at radius 3 is 2.60 bits per heavy atom.